The smallest absolute Gasteiger partial charge is 0.307 e. The lowest BCUT2D eigenvalue weighted by Gasteiger charge is -2.12. The standard InChI is InChI=1S/C12H17NO2/c1-10(8-12(14)15-2)13-9-11-6-4-3-5-7-11/h3-7,10,13H,8-9H2,1-2H3/t10-/m0/s1. The number of esters is 1. The van der Waals surface area contributed by atoms with Crippen molar-refractivity contribution in [3.63, 3.8) is 0 Å². The Kier molecular flexibility index (Phi) is 4.84. The van der Waals surface area contributed by atoms with Crippen LogP contribution in [0.2, 0.25) is 0 Å². The fourth-order valence-corrected chi connectivity index (χ4v) is 1.29. The first-order chi connectivity index (χ1) is 7.22. The molecule has 1 N–H and O–H groups in total. The minimum Gasteiger partial charge on any atom is -0.469 e. The number of hydrogen-bond donors (Lipinski definition) is 1. The number of hydrogen-bond acceptors (Lipinski definition) is 3. The number of ether oxygens (including phenoxy) is 1. The highest BCUT2D eigenvalue weighted by atomic mass is 16.5. The Morgan fingerprint density at radius 1 is 1.40 bits per heavy atom. The number of carbonyl (C=O) groups excluding carboxylic acids is 1. The van der Waals surface area contributed by atoms with Crippen molar-refractivity contribution in [3.05, 3.63) is 35.9 Å². The number of rotatable bonds is 5. The molecule has 1 aromatic carbocycles. The highest BCUT2D eigenvalue weighted by Crippen LogP contribution is 2.00. The van der Waals surface area contributed by atoms with E-state index in [9.17, 15) is 4.79 Å². The van der Waals surface area contributed by atoms with Crippen molar-refractivity contribution in [2.24, 2.45) is 0 Å². The first-order valence-electron chi connectivity index (χ1n) is 5.06. The van der Waals surface area contributed by atoms with Gasteiger partial charge in [0, 0.05) is 12.6 Å². The molecule has 0 aromatic heterocycles. The zero-order valence-electron chi connectivity index (χ0n) is 9.19. The molecule has 0 saturated carbocycles. The fourth-order valence-electron chi connectivity index (χ4n) is 1.29. The van der Waals surface area contributed by atoms with E-state index in [-0.39, 0.29) is 12.0 Å². The summed E-state index contributed by atoms with van der Waals surface area (Å²) in [6.45, 7) is 2.75. The van der Waals surface area contributed by atoms with Gasteiger partial charge in [-0.1, -0.05) is 30.3 Å². The minimum atomic E-state index is -0.178. The summed E-state index contributed by atoms with van der Waals surface area (Å²) in [4.78, 5) is 11.0. The normalized spacial score (nSPS) is 12.1. The van der Waals surface area contributed by atoms with Crippen LogP contribution in [-0.4, -0.2) is 19.1 Å². The molecule has 0 saturated heterocycles. The third-order valence-electron chi connectivity index (χ3n) is 2.20. The SMILES string of the molecule is COC(=O)C[C@H](C)NCc1ccccc1. The van der Waals surface area contributed by atoms with E-state index >= 15 is 0 Å². The van der Waals surface area contributed by atoms with Crippen molar-refractivity contribution in [2.75, 3.05) is 7.11 Å². The lowest BCUT2D eigenvalue weighted by molar-refractivity contribution is -0.141. The van der Waals surface area contributed by atoms with E-state index in [1.807, 2.05) is 25.1 Å². The molecule has 0 bridgehead atoms. The zero-order valence-corrected chi connectivity index (χ0v) is 9.19. The average Bonchev–Trinajstić information content (AvgIpc) is 2.27. The molecule has 3 heteroatoms. The van der Waals surface area contributed by atoms with Crippen LogP contribution in [0.5, 0.6) is 0 Å². The Labute approximate surface area is 90.4 Å². The van der Waals surface area contributed by atoms with Gasteiger partial charge in [-0.25, -0.2) is 0 Å². The molecule has 0 unspecified atom stereocenters. The second-order valence-electron chi connectivity index (χ2n) is 3.55. The van der Waals surface area contributed by atoms with Crippen molar-refractivity contribution < 1.29 is 9.53 Å². The quantitative estimate of drug-likeness (QED) is 0.747. The van der Waals surface area contributed by atoms with Gasteiger partial charge in [0.1, 0.15) is 0 Å². The van der Waals surface area contributed by atoms with E-state index in [1.165, 1.54) is 12.7 Å². The van der Waals surface area contributed by atoms with Crippen LogP contribution in [0.3, 0.4) is 0 Å². The minimum absolute atomic E-state index is 0.137. The molecular weight excluding hydrogens is 190 g/mol. The van der Waals surface area contributed by atoms with E-state index < -0.39 is 0 Å². The maximum atomic E-state index is 11.0. The Morgan fingerprint density at radius 2 is 2.07 bits per heavy atom. The number of nitrogens with one attached hydrogen (secondary N) is 1. The van der Waals surface area contributed by atoms with Gasteiger partial charge in [0.25, 0.3) is 0 Å². The number of carbonyl (C=O) groups is 1. The summed E-state index contributed by atoms with van der Waals surface area (Å²) >= 11 is 0. The fraction of sp³-hybridized carbons (Fsp3) is 0.417. The molecule has 3 nitrogen and oxygen atoms in total. The summed E-state index contributed by atoms with van der Waals surface area (Å²) in [6.07, 6.45) is 0.406. The van der Waals surface area contributed by atoms with Crippen molar-refractivity contribution in [1.29, 1.82) is 0 Å². The highest BCUT2D eigenvalue weighted by molar-refractivity contribution is 5.69. The Bertz CT molecular complexity index is 298. The topological polar surface area (TPSA) is 38.3 Å². The van der Waals surface area contributed by atoms with Crippen LogP contribution in [0.1, 0.15) is 18.9 Å². The van der Waals surface area contributed by atoms with E-state index in [4.69, 9.17) is 0 Å². The van der Waals surface area contributed by atoms with Crippen LogP contribution in [0.4, 0.5) is 0 Å². The summed E-state index contributed by atoms with van der Waals surface area (Å²) in [5, 5.41) is 3.26. The summed E-state index contributed by atoms with van der Waals surface area (Å²) in [7, 11) is 1.41. The molecule has 15 heavy (non-hydrogen) atoms. The molecule has 1 rings (SSSR count). The van der Waals surface area contributed by atoms with Crippen molar-refractivity contribution >= 4 is 5.97 Å². The maximum Gasteiger partial charge on any atom is 0.307 e. The predicted octanol–water partition coefficient (Wildman–Crippen LogP) is 1.73. The molecule has 0 aliphatic heterocycles. The van der Waals surface area contributed by atoms with Crippen LogP contribution in [0, 0.1) is 0 Å². The van der Waals surface area contributed by atoms with Gasteiger partial charge in [0.05, 0.1) is 13.5 Å². The van der Waals surface area contributed by atoms with E-state index in [0.717, 1.165) is 6.54 Å². The molecule has 0 radical (unpaired) electrons. The molecule has 0 spiro atoms. The lowest BCUT2D eigenvalue weighted by atomic mass is 10.2. The van der Waals surface area contributed by atoms with Gasteiger partial charge < -0.3 is 10.1 Å². The summed E-state index contributed by atoms with van der Waals surface area (Å²) in [5.74, 6) is -0.178. The first kappa shape index (κ1) is 11.7. The molecule has 0 heterocycles. The molecule has 0 aliphatic rings. The average molecular weight is 207 g/mol. The first-order valence-corrected chi connectivity index (χ1v) is 5.06. The highest BCUT2D eigenvalue weighted by Gasteiger charge is 2.07. The largest absolute Gasteiger partial charge is 0.469 e. The van der Waals surface area contributed by atoms with E-state index in [2.05, 4.69) is 22.2 Å². The molecule has 0 aliphatic carbocycles. The molecule has 1 atom stereocenters. The second-order valence-corrected chi connectivity index (χ2v) is 3.55. The third kappa shape index (κ3) is 4.61. The predicted molar refractivity (Wildman–Crippen MR) is 59.4 cm³/mol. The maximum absolute atomic E-state index is 11.0. The second kappa shape index (κ2) is 6.19. The van der Waals surface area contributed by atoms with E-state index in [0.29, 0.717) is 6.42 Å². The van der Waals surface area contributed by atoms with Crippen molar-refractivity contribution in [1.82, 2.24) is 5.32 Å². The molecule has 82 valence electrons. The number of methoxy groups -OCH3 is 1. The molecular formula is C12H17NO2. The summed E-state index contributed by atoms with van der Waals surface area (Å²) in [5.41, 5.74) is 1.22. The van der Waals surface area contributed by atoms with Gasteiger partial charge in [-0.2, -0.15) is 0 Å². The van der Waals surface area contributed by atoms with Crippen LogP contribution < -0.4 is 5.32 Å². The van der Waals surface area contributed by atoms with Crippen LogP contribution in [0.15, 0.2) is 30.3 Å². The summed E-state index contributed by atoms with van der Waals surface area (Å²) < 4.78 is 4.59. The third-order valence-corrected chi connectivity index (χ3v) is 2.20. The van der Waals surface area contributed by atoms with Gasteiger partial charge >= 0.3 is 5.97 Å². The molecule has 0 amide bonds. The van der Waals surface area contributed by atoms with Crippen LogP contribution in [-0.2, 0) is 16.1 Å². The van der Waals surface area contributed by atoms with Crippen LogP contribution in [0.25, 0.3) is 0 Å². The lowest BCUT2D eigenvalue weighted by Crippen LogP contribution is -2.28. The van der Waals surface area contributed by atoms with Crippen molar-refractivity contribution in [3.8, 4) is 0 Å². The number of benzene rings is 1. The Balaban J connectivity index is 2.28. The van der Waals surface area contributed by atoms with Gasteiger partial charge in [-0.05, 0) is 12.5 Å². The summed E-state index contributed by atoms with van der Waals surface area (Å²) in [6, 6.07) is 10.2. The van der Waals surface area contributed by atoms with Crippen LogP contribution >= 0.6 is 0 Å². The monoisotopic (exact) mass is 207 g/mol. The van der Waals surface area contributed by atoms with E-state index in [1.54, 1.807) is 0 Å². The van der Waals surface area contributed by atoms with Gasteiger partial charge in [0.15, 0.2) is 0 Å². The Morgan fingerprint density at radius 3 is 2.67 bits per heavy atom. The van der Waals surface area contributed by atoms with Gasteiger partial charge in [-0.15, -0.1) is 0 Å². The molecule has 0 fully saturated rings. The van der Waals surface area contributed by atoms with Gasteiger partial charge in [-0.3, -0.25) is 4.79 Å². The zero-order chi connectivity index (χ0) is 11.1. The Hall–Kier alpha value is -1.35. The molecule has 1 aromatic rings. The van der Waals surface area contributed by atoms with Gasteiger partial charge in [0.2, 0.25) is 0 Å². The van der Waals surface area contributed by atoms with Crippen molar-refractivity contribution in [2.45, 2.75) is 25.9 Å².